The number of nitrogens with one attached hydrogen (secondary N) is 1. The molecule has 0 aromatic carbocycles. The van der Waals surface area contributed by atoms with E-state index in [1.165, 1.54) is 45.2 Å². The summed E-state index contributed by atoms with van der Waals surface area (Å²) in [6.07, 6.45) is 6.88. The molecule has 1 saturated carbocycles. The molecule has 1 aliphatic carbocycles. The quantitative estimate of drug-likeness (QED) is 0.788. The van der Waals surface area contributed by atoms with E-state index in [0.29, 0.717) is 6.04 Å². The van der Waals surface area contributed by atoms with Gasteiger partial charge in [0.1, 0.15) is 0 Å². The number of hydrogen-bond donors (Lipinski definition) is 1. The van der Waals surface area contributed by atoms with Crippen molar-refractivity contribution < 1.29 is 4.74 Å². The van der Waals surface area contributed by atoms with Crippen LogP contribution in [-0.4, -0.2) is 48.8 Å². The molecule has 2 rings (SSSR count). The second kappa shape index (κ2) is 6.36. The highest BCUT2D eigenvalue weighted by molar-refractivity contribution is 4.87. The van der Waals surface area contributed by atoms with Gasteiger partial charge in [-0.15, -0.1) is 0 Å². The van der Waals surface area contributed by atoms with Crippen molar-refractivity contribution in [1.29, 1.82) is 0 Å². The molecule has 0 aromatic heterocycles. The Morgan fingerprint density at radius 2 is 1.94 bits per heavy atom. The normalized spacial score (nSPS) is 25.7. The summed E-state index contributed by atoms with van der Waals surface area (Å²) >= 11 is 0. The van der Waals surface area contributed by atoms with Gasteiger partial charge in [0.05, 0.1) is 12.2 Å². The molecule has 0 spiro atoms. The van der Waals surface area contributed by atoms with Crippen LogP contribution in [0.2, 0.25) is 0 Å². The van der Waals surface area contributed by atoms with Crippen molar-refractivity contribution >= 4 is 0 Å². The Morgan fingerprint density at radius 1 is 1.17 bits per heavy atom. The van der Waals surface area contributed by atoms with Crippen molar-refractivity contribution in [1.82, 2.24) is 10.2 Å². The fourth-order valence-electron chi connectivity index (χ4n) is 2.69. The Balaban J connectivity index is 1.70. The average Bonchev–Trinajstić information content (AvgIpc) is 3.11. The molecule has 1 unspecified atom stereocenters. The maximum absolute atomic E-state index is 5.86. The molecule has 1 saturated heterocycles. The monoisotopic (exact) mass is 254 g/mol. The third kappa shape index (κ3) is 5.25. The summed E-state index contributed by atoms with van der Waals surface area (Å²) < 4.78 is 5.86. The molecule has 0 amide bonds. The maximum atomic E-state index is 5.86. The Bertz CT molecular complexity index is 239. The molecule has 0 bridgehead atoms. The number of rotatable bonds is 6. The van der Waals surface area contributed by atoms with Gasteiger partial charge in [0.25, 0.3) is 0 Å². The van der Waals surface area contributed by atoms with E-state index in [-0.39, 0.29) is 5.60 Å². The molecule has 18 heavy (non-hydrogen) atoms. The highest BCUT2D eigenvalue weighted by Crippen LogP contribution is 2.27. The van der Waals surface area contributed by atoms with E-state index in [4.69, 9.17) is 4.74 Å². The zero-order valence-electron chi connectivity index (χ0n) is 12.4. The van der Waals surface area contributed by atoms with Crippen LogP contribution in [0, 0.1) is 0 Å². The van der Waals surface area contributed by atoms with Gasteiger partial charge in [0.2, 0.25) is 0 Å². The van der Waals surface area contributed by atoms with Crippen LogP contribution in [-0.2, 0) is 4.74 Å². The average molecular weight is 254 g/mol. The van der Waals surface area contributed by atoms with Crippen LogP contribution in [0.1, 0.15) is 52.9 Å². The summed E-state index contributed by atoms with van der Waals surface area (Å²) in [7, 11) is 0. The van der Waals surface area contributed by atoms with Gasteiger partial charge < -0.3 is 10.1 Å². The third-order valence-corrected chi connectivity index (χ3v) is 3.84. The van der Waals surface area contributed by atoms with Crippen LogP contribution in [0.25, 0.3) is 0 Å². The van der Waals surface area contributed by atoms with Crippen LogP contribution < -0.4 is 5.32 Å². The van der Waals surface area contributed by atoms with Crippen molar-refractivity contribution in [2.45, 2.75) is 70.6 Å². The van der Waals surface area contributed by atoms with Gasteiger partial charge in [-0.2, -0.15) is 0 Å². The van der Waals surface area contributed by atoms with Crippen LogP contribution >= 0.6 is 0 Å². The van der Waals surface area contributed by atoms with E-state index < -0.39 is 0 Å². The van der Waals surface area contributed by atoms with Crippen LogP contribution in [0.5, 0.6) is 0 Å². The zero-order chi connectivity index (χ0) is 13.0. The molecular formula is C15H30N2O. The van der Waals surface area contributed by atoms with Gasteiger partial charge in [-0.1, -0.05) is 6.42 Å². The highest BCUT2D eigenvalue weighted by Gasteiger charge is 2.30. The van der Waals surface area contributed by atoms with Crippen LogP contribution in [0.3, 0.4) is 0 Å². The summed E-state index contributed by atoms with van der Waals surface area (Å²) in [4.78, 5) is 2.65. The highest BCUT2D eigenvalue weighted by atomic mass is 16.5. The topological polar surface area (TPSA) is 24.5 Å². The van der Waals surface area contributed by atoms with E-state index in [9.17, 15) is 0 Å². The van der Waals surface area contributed by atoms with Gasteiger partial charge in [-0.05, 0) is 53.0 Å². The lowest BCUT2D eigenvalue weighted by molar-refractivity contribution is -0.0150. The molecule has 1 N–H and O–H groups in total. The van der Waals surface area contributed by atoms with Gasteiger partial charge in [-0.3, -0.25) is 4.90 Å². The van der Waals surface area contributed by atoms with E-state index in [2.05, 4.69) is 31.0 Å². The number of piperidine rings is 1. The van der Waals surface area contributed by atoms with Gasteiger partial charge >= 0.3 is 0 Å². The van der Waals surface area contributed by atoms with Crippen LogP contribution in [0.15, 0.2) is 0 Å². The lowest BCUT2D eigenvalue weighted by Gasteiger charge is -2.31. The van der Waals surface area contributed by atoms with E-state index in [1.807, 2.05) is 0 Å². The first-order valence-electron chi connectivity index (χ1n) is 7.66. The maximum Gasteiger partial charge on any atom is 0.0600 e. The minimum atomic E-state index is -0.00168. The SMILES string of the molecule is CC(C)(C)OCCN(CC1CCCCN1)C1CC1. The van der Waals surface area contributed by atoms with Gasteiger partial charge in [0.15, 0.2) is 0 Å². The second-order valence-corrected chi connectivity index (χ2v) is 6.83. The van der Waals surface area contributed by atoms with Gasteiger partial charge in [-0.25, -0.2) is 0 Å². The summed E-state index contributed by atoms with van der Waals surface area (Å²) in [5, 5.41) is 3.66. The van der Waals surface area contributed by atoms with Gasteiger partial charge in [0, 0.05) is 25.2 Å². The standard InChI is InChI=1S/C15H30N2O/c1-15(2,3)18-11-10-17(14-7-8-14)12-13-6-4-5-9-16-13/h13-14,16H,4-12H2,1-3H3. The van der Waals surface area contributed by atoms with E-state index in [1.54, 1.807) is 0 Å². The molecule has 106 valence electrons. The summed E-state index contributed by atoms with van der Waals surface area (Å²) in [5.74, 6) is 0. The molecule has 3 heteroatoms. The zero-order valence-corrected chi connectivity index (χ0v) is 12.4. The molecule has 0 aromatic rings. The molecule has 1 aliphatic heterocycles. The third-order valence-electron chi connectivity index (χ3n) is 3.84. The molecule has 3 nitrogen and oxygen atoms in total. The first kappa shape index (κ1) is 14.3. The van der Waals surface area contributed by atoms with Crippen molar-refractivity contribution in [2.24, 2.45) is 0 Å². The number of hydrogen-bond acceptors (Lipinski definition) is 3. The summed E-state index contributed by atoms with van der Waals surface area (Å²) in [6, 6.07) is 1.56. The van der Waals surface area contributed by atoms with E-state index >= 15 is 0 Å². The Morgan fingerprint density at radius 3 is 2.50 bits per heavy atom. The second-order valence-electron chi connectivity index (χ2n) is 6.83. The Labute approximate surface area is 112 Å². The summed E-state index contributed by atoms with van der Waals surface area (Å²) in [6.45, 7) is 10.8. The largest absolute Gasteiger partial charge is 0.375 e. The number of ether oxygens (including phenoxy) is 1. The molecular weight excluding hydrogens is 224 g/mol. The predicted molar refractivity (Wildman–Crippen MR) is 75.9 cm³/mol. The fraction of sp³-hybridized carbons (Fsp3) is 1.00. The van der Waals surface area contributed by atoms with E-state index in [0.717, 1.165) is 19.2 Å². The van der Waals surface area contributed by atoms with Crippen LogP contribution in [0.4, 0.5) is 0 Å². The van der Waals surface area contributed by atoms with Crippen molar-refractivity contribution in [3.8, 4) is 0 Å². The summed E-state index contributed by atoms with van der Waals surface area (Å²) in [5.41, 5.74) is -0.00168. The van der Waals surface area contributed by atoms with Crippen molar-refractivity contribution in [3.63, 3.8) is 0 Å². The van der Waals surface area contributed by atoms with Crippen molar-refractivity contribution in [2.75, 3.05) is 26.2 Å². The fourth-order valence-corrected chi connectivity index (χ4v) is 2.69. The molecule has 2 aliphatic rings. The number of nitrogens with zero attached hydrogens (tertiary/aromatic N) is 1. The first-order valence-corrected chi connectivity index (χ1v) is 7.66. The predicted octanol–water partition coefficient (Wildman–Crippen LogP) is 2.41. The minimum absolute atomic E-state index is 0.00168. The Hall–Kier alpha value is -0.120. The molecule has 0 radical (unpaired) electrons. The molecule has 2 fully saturated rings. The minimum Gasteiger partial charge on any atom is -0.375 e. The molecule has 1 heterocycles. The lowest BCUT2D eigenvalue weighted by Crippen LogP contribution is -2.45. The smallest absolute Gasteiger partial charge is 0.0600 e. The lowest BCUT2D eigenvalue weighted by atomic mass is 10.0. The first-order chi connectivity index (χ1) is 8.54. The van der Waals surface area contributed by atoms with Crippen molar-refractivity contribution in [3.05, 3.63) is 0 Å². The Kier molecular flexibility index (Phi) is 5.05. The molecule has 1 atom stereocenters.